The van der Waals surface area contributed by atoms with Crippen molar-refractivity contribution in [1.29, 1.82) is 0 Å². The van der Waals surface area contributed by atoms with Gasteiger partial charge < -0.3 is 21.1 Å². The minimum atomic E-state index is -0.0437. The Balaban J connectivity index is 1.96. The molecule has 1 fully saturated rings. The van der Waals surface area contributed by atoms with Crippen molar-refractivity contribution in [2.45, 2.75) is 38.8 Å². The number of hydrogen-bond donors (Lipinski definition) is 3. The van der Waals surface area contributed by atoms with Crippen LogP contribution >= 0.6 is 0 Å². The minimum absolute atomic E-state index is 0.00587. The van der Waals surface area contributed by atoms with Crippen LogP contribution in [0.1, 0.15) is 26.7 Å². The number of likely N-dealkylation sites (tertiary alicyclic amines) is 1. The first-order valence-electron chi connectivity index (χ1n) is 8.64. The molecule has 4 N–H and O–H groups in total. The van der Waals surface area contributed by atoms with E-state index in [4.69, 9.17) is 5.73 Å². The number of allylic oxidation sites excluding steroid dienone is 1. The molecule has 0 saturated carbocycles. The molecule has 0 aromatic rings. The van der Waals surface area contributed by atoms with E-state index in [-0.39, 0.29) is 12.0 Å². The molecule has 0 amide bonds. The highest BCUT2D eigenvalue weighted by Crippen LogP contribution is 2.36. The van der Waals surface area contributed by atoms with Crippen molar-refractivity contribution in [2.24, 2.45) is 16.6 Å². The maximum atomic E-state index is 10.1. The van der Waals surface area contributed by atoms with Gasteiger partial charge in [0, 0.05) is 23.2 Å². The molecule has 0 aromatic carbocycles. The summed E-state index contributed by atoms with van der Waals surface area (Å²) in [5.74, 6) is 0.837. The predicted molar refractivity (Wildman–Crippen MR) is 98.9 cm³/mol. The average Bonchev–Trinajstić information content (AvgIpc) is 2.50. The van der Waals surface area contributed by atoms with Gasteiger partial charge in [-0.3, -0.25) is 4.99 Å². The van der Waals surface area contributed by atoms with Crippen LogP contribution in [-0.4, -0.2) is 48.1 Å². The molecule has 0 bridgehead atoms. The molecular weight excluding hydrogens is 300 g/mol. The lowest BCUT2D eigenvalue weighted by Crippen LogP contribution is -2.46. The van der Waals surface area contributed by atoms with E-state index in [2.05, 4.69) is 28.8 Å². The molecule has 3 rings (SSSR count). The quantitative estimate of drug-likeness (QED) is 0.743. The van der Waals surface area contributed by atoms with Crippen LogP contribution in [-0.2, 0) is 0 Å². The summed E-state index contributed by atoms with van der Waals surface area (Å²) in [4.78, 5) is 7.03. The van der Waals surface area contributed by atoms with Crippen molar-refractivity contribution in [3.63, 3.8) is 0 Å². The topological polar surface area (TPSA) is 73.9 Å². The summed E-state index contributed by atoms with van der Waals surface area (Å²) in [6.07, 6.45) is 5.86. The molecule has 0 aromatic heterocycles. The molecule has 0 spiro atoms. The number of amidine groups is 1. The number of hydrogen-bond acceptors (Lipinski definition) is 5. The van der Waals surface area contributed by atoms with Gasteiger partial charge in [-0.2, -0.15) is 0 Å². The first kappa shape index (κ1) is 16.8. The summed E-state index contributed by atoms with van der Waals surface area (Å²) in [6, 6.07) is 0.372. The van der Waals surface area contributed by atoms with Crippen molar-refractivity contribution >= 4 is 5.84 Å². The van der Waals surface area contributed by atoms with E-state index in [9.17, 15) is 5.11 Å². The number of rotatable bonds is 3. The van der Waals surface area contributed by atoms with Crippen LogP contribution in [0.25, 0.3) is 0 Å². The predicted octanol–water partition coefficient (Wildman–Crippen LogP) is 2.26. The Labute approximate surface area is 144 Å². The maximum absolute atomic E-state index is 10.1. The third-order valence-corrected chi connectivity index (χ3v) is 5.17. The summed E-state index contributed by atoms with van der Waals surface area (Å²) < 4.78 is 0. The fourth-order valence-corrected chi connectivity index (χ4v) is 3.86. The number of dihydropyridines is 1. The van der Waals surface area contributed by atoms with Gasteiger partial charge >= 0.3 is 0 Å². The first-order chi connectivity index (χ1) is 11.4. The lowest BCUT2D eigenvalue weighted by atomic mass is 9.81. The number of aliphatic hydroxyl groups is 1. The van der Waals surface area contributed by atoms with E-state index in [0.29, 0.717) is 17.6 Å². The maximum Gasteiger partial charge on any atom is 0.128 e. The normalized spacial score (nSPS) is 28.7. The second-order valence-corrected chi connectivity index (χ2v) is 7.26. The molecule has 130 valence electrons. The van der Waals surface area contributed by atoms with Crippen molar-refractivity contribution < 1.29 is 5.11 Å². The Morgan fingerprint density at radius 3 is 2.71 bits per heavy atom. The highest BCUT2D eigenvalue weighted by molar-refractivity contribution is 6.02. The second-order valence-electron chi connectivity index (χ2n) is 7.26. The molecule has 24 heavy (non-hydrogen) atoms. The molecule has 2 aliphatic heterocycles. The Bertz CT molecular complexity index is 663. The van der Waals surface area contributed by atoms with Gasteiger partial charge in [0.25, 0.3) is 0 Å². The van der Waals surface area contributed by atoms with E-state index in [1.807, 2.05) is 19.9 Å². The highest BCUT2D eigenvalue weighted by Gasteiger charge is 2.36. The summed E-state index contributed by atoms with van der Waals surface area (Å²) in [7, 11) is 2.16. The zero-order chi connectivity index (χ0) is 17.4. The summed E-state index contributed by atoms with van der Waals surface area (Å²) >= 11 is 0. The van der Waals surface area contributed by atoms with Crippen LogP contribution < -0.4 is 11.1 Å². The van der Waals surface area contributed by atoms with Gasteiger partial charge in [-0.1, -0.05) is 6.58 Å². The van der Waals surface area contributed by atoms with Gasteiger partial charge in [-0.05, 0) is 70.1 Å². The SMILES string of the molecule is C=C(C)C1=C(NC2CCN(C)CC2)C2C=C(O)C=C(C)C2N=C1N. The van der Waals surface area contributed by atoms with Crippen molar-refractivity contribution in [2.75, 3.05) is 20.1 Å². The van der Waals surface area contributed by atoms with Crippen LogP contribution in [0, 0.1) is 5.92 Å². The van der Waals surface area contributed by atoms with Crippen LogP contribution in [0.5, 0.6) is 0 Å². The van der Waals surface area contributed by atoms with Gasteiger partial charge in [0.1, 0.15) is 11.6 Å². The Hall–Kier alpha value is -2.01. The molecular formula is C19H28N4O. The highest BCUT2D eigenvalue weighted by atomic mass is 16.3. The van der Waals surface area contributed by atoms with Crippen molar-refractivity contribution in [1.82, 2.24) is 10.2 Å². The first-order valence-corrected chi connectivity index (χ1v) is 8.64. The molecule has 1 aliphatic carbocycles. The lowest BCUT2D eigenvalue weighted by Gasteiger charge is -2.38. The van der Waals surface area contributed by atoms with Crippen LogP contribution in [0.2, 0.25) is 0 Å². The number of aliphatic imine (C=N–C) groups is 1. The molecule has 2 unspecified atom stereocenters. The summed E-state index contributed by atoms with van der Waals surface area (Å²) in [5, 5.41) is 13.8. The molecule has 5 heteroatoms. The fraction of sp³-hybridized carbons (Fsp3) is 0.526. The minimum Gasteiger partial charge on any atom is -0.508 e. The number of piperidine rings is 1. The molecule has 0 radical (unpaired) electrons. The second kappa shape index (κ2) is 6.48. The largest absolute Gasteiger partial charge is 0.508 e. The van der Waals surface area contributed by atoms with Crippen molar-refractivity contribution in [3.8, 4) is 0 Å². The fourth-order valence-electron chi connectivity index (χ4n) is 3.86. The van der Waals surface area contributed by atoms with Crippen LogP contribution in [0.3, 0.4) is 0 Å². The molecule has 1 saturated heterocycles. The van der Waals surface area contributed by atoms with E-state index < -0.39 is 0 Å². The zero-order valence-corrected chi connectivity index (χ0v) is 14.8. The third kappa shape index (κ3) is 3.13. The third-order valence-electron chi connectivity index (χ3n) is 5.17. The van der Waals surface area contributed by atoms with Gasteiger partial charge in [-0.25, -0.2) is 0 Å². The van der Waals surface area contributed by atoms with Gasteiger partial charge in [0.15, 0.2) is 0 Å². The average molecular weight is 328 g/mol. The monoisotopic (exact) mass is 328 g/mol. The van der Waals surface area contributed by atoms with Gasteiger partial charge in [0.2, 0.25) is 0 Å². The Morgan fingerprint density at radius 1 is 1.42 bits per heavy atom. The van der Waals surface area contributed by atoms with E-state index in [1.54, 1.807) is 6.08 Å². The lowest BCUT2D eigenvalue weighted by molar-refractivity contribution is 0.238. The van der Waals surface area contributed by atoms with E-state index >= 15 is 0 Å². The zero-order valence-electron chi connectivity index (χ0n) is 14.8. The van der Waals surface area contributed by atoms with E-state index in [0.717, 1.165) is 48.3 Å². The number of nitrogens with two attached hydrogens (primary N) is 1. The van der Waals surface area contributed by atoms with Crippen LogP contribution in [0.15, 0.2) is 51.9 Å². The van der Waals surface area contributed by atoms with Gasteiger partial charge in [-0.15, -0.1) is 0 Å². The summed E-state index contributed by atoms with van der Waals surface area (Å²) in [5.41, 5.74) is 10.2. The molecule has 2 heterocycles. The number of nitrogens with one attached hydrogen (secondary N) is 1. The standard InChI is InChI=1S/C19H28N4O/c1-11(2)16-18(21-13-5-7-23(4)8-6-13)15-10-14(24)9-12(3)17(15)22-19(16)20/h9-10,13,15,17,21,24H,1,5-8H2,2-4H3,(H2,20,22). The summed E-state index contributed by atoms with van der Waals surface area (Å²) in [6.45, 7) is 10.2. The van der Waals surface area contributed by atoms with Crippen molar-refractivity contribution in [3.05, 3.63) is 46.9 Å². The molecule has 5 nitrogen and oxygen atoms in total. The van der Waals surface area contributed by atoms with Crippen LogP contribution in [0.4, 0.5) is 0 Å². The number of fused-ring (bicyclic) bond motifs is 1. The van der Waals surface area contributed by atoms with E-state index in [1.165, 1.54) is 0 Å². The van der Waals surface area contributed by atoms with Gasteiger partial charge in [0.05, 0.1) is 6.04 Å². The number of aliphatic hydroxyl groups excluding tert-OH is 1. The number of nitrogens with zero attached hydrogens (tertiary/aromatic N) is 2. The smallest absolute Gasteiger partial charge is 0.128 e. The molecule has 2 atom stereocenters. The Kier molecular flexibility index (Phi) is 4.54. The molecule has 3 aliphatic rings. The Morgan fingerprint density at radius 2 is 2.08 bits per heavy atom.